The zero-order valence-corrected chi connectivity index (χ0v) is 21.5. The molecule has 1 aliphatic heterocycles. The maximum Gasteiger partial charge on any atom is 0.161 e. The lowest BCUT2D eigenvalue weighted by Gasteiger charge is -2.13. The smallest absolute Gasteiger partial charge is 0.161 e. The Morgan fingerprint density at radius 2 is 1.92 bits per heavy atom. The topological polar surface area (TPSA) is 79.1 Å². The van der Waals surface area contributed by atoms with E-state index in [0.29, 0.717) is 38.2 Å². The first-order valence-corrected chi connectivity index (χ1v) is 13.1. The van der Waals surface area contributed by atoms with Crippen molar-refractivity contribution in [1.82, 2.24) is 0 Å². The Morgan fingerprint density at radius 3 is 2.78 bits per heavy atom. The molecule has 5 nitrogen and oxygen atoms in total. The molecule has 0 spiro atoms. The van der Waals surface area contributed by atoms with Gasteiger partial charge in [0, 0.05) is 12.8 Å². The van der Waals surface area contributed by atoms with Crippen LogP contribution in [0.1, 0.15) is 50.2 Å². The third-order valence-electron chi connectivity index (χ3n) is 6.60. The molecule has 1 aliphatic rings. The number of aryl methyl sites for hydroxylation is 1. The molecular weight excluding hydrogens is 462 g/mol. The van der Waals surface area contributed by atoms with Gasteiger partial charge in [-0.2, -0.15) is 0 Å². The minimum Gasteiger partial charge on any atom is -0.508 e. The van der Waals surface area contributed by atoms with Crippen molar-refractivity contribution in [1.29, 1.82) is 0 Å². The van der Waals surface area contributed by atoms with Gasteiger partial charge >= 0.3 is 0 Å². The van der Waals surface area contributed by atoms with E-state index in [1.807, 2.05) is 36.4 Å². The molecule has 0 amide bonds. The maximum absolute atomic E-state index is 12.2. The normalized spacial score (nSPS) is 12.2. The standard InChI is InChI=1S/C32H35NO4/c1-2-3-4-5-6-7-27(34)12-8-23-9-15-31(36)32(20-23)37-19-17-24-10-13-28(35)22-29(24)25-11-14-30-26(21-25)16-18-33-30/h6-7,9-11,13-16,20-22,35-36H,2-5,8,12,17-19H2,1H3. The number of hydrogen-bond acceptors (Lipinski definition) is 5. The first kappa shape index (κ1) is 26.2. The van der Waals surface area contributed by atoms with Crippen LogP contribution in [0.4, 0.5) is 0 Å². The van der Waals surface area contributed by atoms with Gasteiger partial charge in [-0.05, 0) is 89.2 Å². The average Bonchev–Trinajstić information content (AvgIpc) is 3.37. The molecule has 1 heterocycles. The Balaban J connectivity index is 1.37. The monoisotopic (exact) mass is 497 g/mol. The number of carbonyl (C=O) groups is 1. The molecule has 0 radical (unpaired) electrons. The van der Waals surface area contributed by atoms with Gasteiger partial charge in [0.2, 0.25) is 0 Å². The van der Waals surface area contributed by atoms with Crippen LogP contribution in [0.2, 0.25) is 0 Å². The van der Waals surface area contributed by atoms with Gasteiger partial charge in [0.1, 0.15) is 5.75 Å². The number of unbranched alkanes of at least 4 members (excludes halogenated alkanes) is 3. The van der Waals surface area contributed by atoms with Crippen molar-refractivity contribution in [2.45, 2.75) is 51.9 Å². The summed E-state index contributed by atoms with van der Waals surface area (Å²) in [6.45, 7) is 3.23. The van der Waals surface area contributed by atoms with Crippen LogP contribution in [0.3, 0.4) is 0 Å². The highest BCUT2D eigenvalue weighted by Crippen LogP contribution is 2.30. The third kappa shape index (κ3) is 7.32. The molecule has 0 aliphatic carbocycles. The molecule has 0 saturated heterocycles. The van der Waals surface area contributed by atoms with E-state index < -0.39 is 0 Å². The predicted molar refractivity (Wildman–Crippen MR) is 148 cm³/mol. The molecule has 0 aromatic heterocycles. The lowest BCUT2D eigenvalue weighted by Crippen LogP contribution is -2.20. The number of rotatable bonds is 13. The van der Waals surface area contributed by atoms with Crippen molar-refractivity contribution in [2.24, 2.45) is 4.99 Å². The van der Waals surface area contributed by atoms with E-state index in [1.54, 1.807) is 24.3 Å². The molecule has 0 bridgehead atoms. The van der Waals surface area contributed by atoms with Crippen molar-refractivity contribution in [3.8, 4) is 28.4 Å². The summed E-state index contributed by atoms with van der Waals surface area (Å²) in [5, 5.41) is 22.5. The fourth-order valence-corrected chi connectivity index (χ4v) is 4.50. The average molecular weight is 498 g/mol. The summed E-state index contributed by atoms with van der Waals surface area (Å²) in [7, 11) is 0. The van der Waals surface area contributed by atoms with Crippen molar-refractivity contribution in [2.75, 3.05) is 13.2 Å². The SMILES string of the molecule is CCCCCC=CC(=O)CCc1ccc(O)c(OCCc2ccc(O)cc2-c2ccc3c(c2)=CCN=3)c1. The van der Waals surface area contributed by atoms with Crippen LogP contribution in [0.15, 0.2) is 71.7 Å². The van der Waals surface area contributed by atoms with Gasteiger partial charge in [-0.15, -0.1) is 0 Å². The van der Waals surface area contributed by atoms with Crippen LogP contribution < -0.4 is 15.3 Å². The largest absolute Gasteiger partial charge is 0.508 e. The molecule has 0 fully saturated rings. The number of phenols is 2. The minimum absolute atomic E-state index is 0.0785. The van der Waals surface area contributed by atoms with Crippen LogP contribution in [0, 0.1) is 0 Å². The lowest BCUT2D eigenvalue weighted by molar-refractivity contribution is -0.114. The van der Waals surface area contributed by atoms with Gasteiger partial charge in [-0.1, -0.05) is 50.1 Å². The number of ketones is 1. The summed E-state index contributed by atoms with van der Waals surface area (Å²) in [5.74, 6) is 0.818. The molecule has 4 rings (SSSR count). The molecule has 0 unspecified atom stereocenters. The molecule has 5 heteroatoms. The van der Waals surface area contributed by atoms with Gasteiger partial charge in [0.05, 0.1) is 18.5 Å². The van der Waals surface area contributed by atoms with Crippen LogP contribution in [0.5, 0.6) is 17.2 Å². The first-order valence-electron chi connectivity index (χ1n) is 13.1. The van der Waals surface area contributed by atoms with Crippen molar-refractivity contribution in [3.63, 3.8) is 0 Å². The number of phenolic OH excluding ortho intramolecular Hbond substituents is 2. The van der Waals surface area contributed by atoms with Crippen LogP contribution in [-0.4, -0.2) is 29.1 Å². The zero-order chi connectivity index (χ0) is 26.0. The molecule has 0 saturated carbocycles. The fraction of sp³-hybridized carbons (Fsp3) is 0.312. The van der Waals surface area contributed by atoms with Crippen molar-refractivity contribution < 1.29 is 19.7 Å². The summed E-state index contributed by atoms with van der Waals surface area (Å²) in [5.41, 5.74) is 3.96. The zero-order valence-electron chi connectivity index (χ0n) is 21.5. The lowest BCUT2D eigenvalue weighted by atomic mass is 9.97. The Labute approximate surface area is 218 Å². The van der Waals surface area contributed by atoms with Gasteiger partial charge < -0.3 is 14.9 Å². The summed E-state index contributed by atoms with van der Waals surface area (Å²) in [4.78, 5) is 16.6. The summed E-state index contributed by atoms with van der Waals surface area (Å²) < 4.78 is 5.95. The molecule has 37 heavy (non-hydrogen) atoms. The number of fused-ring (bicyclic) bond motifs is 1. The highest BCUT2D eigenvalue weighted by molar-refractivity contribution is 5.89. The van der Waals surface area contributed by atoms with Gasteiger partial charge in [-0.25, -0.2) is 0 Å². The Hall–Kier alpha value is -3.86. The second kappa shape index (κ2) is 12.9. The molecule has 3 aromatic carbocycles. The van der Waals surface area contributed by atoms with E-state index in [-0.39, 0.29) is 17.3 Å². The number of allylic oxidation sites excluding steroid dienone is 2. The number of nitrogens with zero attached hydrogens (tertiary/aromatic N) is 1. The number of ether oxygens (including phenoxy) is 1. The van der Waals surface area contributed by atoms with E-state index in [4.69, 9.17) is 4.74 Å². The number of carbonyl (C=O) groups excluding carboxylic acids is 1. The molecular formula is C32H35NO4. The Bertz CT molecular complexity index is 1390. The van der Waals surface area contributed by atoms with E-state index in [2.05, 4.69) is 24.1 Å². The molecule has 0 atom stereocenters. The highest BCUT2D eigenvalue weighted by Gasteiger charge is 2.10. The molecule has 192 valence electrons. The Kier molecular flexibility index (Phi) is 9.14. The second-order valence-corrected chi connectivity index (χ2v) is 9.42. The maximum atomic E-state index is 12.2. The second-order valence-electron chi connectivity index (χ2n) is 9.42. The van der Waals surface area contributed by atoms with Crippen LogP contribution in [0.25, 0.3) is 17.2 Å². The first-order chi connectivity index (χ1) is 18.0. The van der Waals surface area contributed by atoms with E-state index in [9.17, 15) is 15.0 Å². The van der Waals surface area contributed by atoms with Gasteiger partial charge in [-0.3, -0.25) is 9.79 Å². The van der Waals surface area contributed by atoms with E-state index in [0.717, 1.165) is 45.7 Å². The number of benzene rings is 3. The predicted octanol–water partition coefficient (Wildman–Crippen LogP) is 5.44. The third-order valence-corrected chi connectivity index (χ3v) is 6.60. The van der Waals surface area contributed by atoms with Crippen LogP contribution >= 0.6 is 0 Å². The quantitative estimate of drug-likeness (QED) is 0.244. The van der Waals surface area contributed by atoms with Crippen LogP contribution in [-0.2, 0) is 17.6 Å². The van der Waals surface area contributed by atoms with Crippen molar-refractivity contribution in [3.05, 3.63) is 88.5 Å². The molecule has 3 aromatic rings. The summed E-state index contributed by atoms with van der Waals surface area (Å²) in [6.07, 6.45) is 11.8. The van der Waals surface area contributed by atoms with Gasteiger partial charge in [0.25, 0.3) is 0 Å². The number of aromatic hydroxyl groups is 2. The minimum atomic E-state index is 0.0785. The number of hydrogen-bond donors (Lipinski definition) is 2. The van der Waals surface area contributed by atoms with Crippen molar-refractivity contribution >= 4 is 11.9 Å². The highest BCUT2D eigenvalue weighted by atomic mass is 16.5. The van der Waals surface area contributed by atoms with E-state index in [1.165, 1.54) is 12.8 Å². The van der Waals surface area contributed by atoms with E-state index >= 15 is 0 Å². The summed E-state index contributed by atoms with van der Waals surface area (Å²) >= 11 is 0. The molecule has 2 N–H and O–H groups in total. The summed E-state index contributed by atoms with van der Waals surface area (Å²) in [6, 6.07) is 16.8. The fourth-order valence-electron chi connectivity index (χ4n) is 4.50. The van der Waals surface area contributed by atoms with Gasteiger partial charge in [0.15, 0.2) is 17.3 Å². The Morgan fingerprint density at radius 1 is 1.03 bits per heavy atom.